The number of ether oxygens (including phenoxy) is 2. The number of hydrogen-bond donors (Lipinski definition) is 1. The molecule has 0 aliphatic heterocycles. The molecule has 4 nitrogen and oxygen atoms in total. The molecule has 130 valence electrons. The summed E-state index contributed by atoms with van der Waals surface area (Å²) in [6.07, 6.45) is -0.476. The Bertz CT molecular complexity index is 897. The molecule has 1 heterocycles. The molecule has 0 radical (unpaired) electrons. The topological polar surface area (TPSA) is 47.6 Å². The first-order valence-electron chi connectivity index (χ1n) is 7.75. The summed E-state index contributed by atoms with van der Waals surface area (Å²) in [5, 5.41) is 5.76. The SMILES string of the molecule is CC(C)(C)OC(=O)Nc1ccc(Oc2csc3cc(Br)ccc23)cc1. The average Bonchev–Trinajstić information content (AvgIpc) is 2.89. The number of rotatable bonds is 3. The van der Waals surface area contributed by atoms with Crippen molar-refractivity contribution < 1.29 is 14.3 Å². The zero-order valence-electron chi connectivity index (χ0n) is 14.1. The van der Waals surface area contributed by atoms with Crippen molar-refractivity contribution in [3.8, 4) is 11.5 Å². The van der Waals surface area contributed by atoms with Gasteiger partial charge in [-0.3, -0.25) is 5.32 Å². The quantitative estimate of drug-likeness (QED) is 0.507. The smallest absolute Gasteiger partial charge is 0.412 e. The van der Waals surface area contributed by atoms with Crippen LogP contribution in [0.1, 0.15) is 20.8 Å². The van der Waals surface area contributed by atoms with Crippen LogP contribution in [0.5, 0.6) is 11.5 Å². The van der Waals surface area contributed by atoms with Gasteiger partial charge in [-0.15, -0.1) is 11.3 Å². The van der Waals surface area contributed by atoms with Gasteiger partial charge in [-0.1, -0.05) is 15.9 Å². The summed E-state index contributed by atoms with van der Waals surface area (Å²) in [6.45, 7) is 5.48. The van der Waals surface area contributed by atoms with Crippen LogP contribution in [-0.4, -0.2) is 11.7 Å². The van der Waals surface area contributed by atoms with Crippen LogP contribution in [-0.2, 0) is 4.74 Å². The van der Waals surface area contributed by atoms with Crippen LogP contribution in [0, 0.1) is 0 Å². The van der Waals surface area contributed by atoms with Crippen molar-refractivity contribution in [1.82, 2.24) is 0 Å². The lowest BCUT2D eigenvalue weighted by Gasteiger charge is -2.19. The molecule has 25 heavy (non-hydrogen) atoms. The lowest BCUT2D eigenvalue weighted by Crippen LogP contribution is -2.27. The highest BCUT2D eigenvalue weighted by atomic mass is 79.9. The summed E-state index contributed by atoms with van der Waals surface area (Å²) in [7, 11) is 0. The second-order valence-corrected chi connectivity index (χ2v) is 8.32. The van der Waals surface area contributed by atoms with Gasteiger partial charge in [0.25, 0.3) is 0 Å². The van der Waals surface area contributed by atoms with Crippen LogP contribution in [0.4, 0.5) is 10.5 Å². The summed E-state index contributed by atoms with van der Waals surface area (Å²) >= 11 is 5.11. The third-order valence-electron chi connectivity index (χ3n) is 3.23. The van der Waals surface area contributed by atoms with Gasteiger partial charge in [0, 0.05) is 25.6 Å². The molecule has 0 atom stereocenters. The van der Waals surface area contributed by atoms with E-state index in [1.54, 1.807) is 23.5 Å². The average molecular weight is 420 g/mol. The van der Waals surface area contributed by atoms with Crippen molar-refractivity contribution in [2.45, 2.75) is 26.4 Å². The molecule has 3 aromatic rings. The highest BCUT2D eigenvalue weighted by molar-refractivity contribution is 9.10. The number of carbonyl (C=O) groups excluding carboxylic acids is 1. The molecule has 0 spiro atoms. The van der Waals surface area contributed by atoms with Crippen molar-refractivity contribution >= 4 is 49.1 Å². The maximum Gasteiger partial charge on any atom is 0.412 e. The van der Waals surface area contributed by atoms with E-state index in [1.807, 2.05) is 50.4 Å². The maximum absolute atomic E-state index is 11.8. The minimum Gasteiger partial charge on any atom is -0.456 e. The van der Waals surface area contributed by atoms with E-state index in [-0.39, 0.29) is 0 Å². The maximum atomic E-state index is 11.8. The van der Waals surface area contributed by atoms with Crippen LogP contribution in [0.3, 0.4) is 0 Å². The standard InChI is InChI=1S/C19H18BrNO3S/c1-19(2,3)24-18(22)21-13-5-7-14(8-6-13)23-16-11-25-17-10-12(20)4-9-15(16)17/h4-11H,1-3H3,(H,21,22). The number of thiophene rings is 1. The van der Waals surface area contributed by atoms with E-state index in [0.717, 1.165) is 20.3 Å². The molecule has 0 saturated heterocycles. The molecule has 2 aromatic carbocycles. The number of carbonyl (C=O) groups is 1. The van der Waals surface area contributed by atoms with E-state index in [0.29, 0.717) is 11.4 Å². The van der Waals surface area contributed by atoms with E-state index in [1.165, 1.54) is 0 Å². The van der Waals surface area contributed by atoms with Gasteiger partial charge in [0.1, 0.15) is 17.1 Å². The molecule has 1 amide bonds. The highest BCUT2D eigenvalue weighted by Gasteiger charge is 2.16. The van der Waals surface area contributed by atoms with Crippen LogP contribution in [0.15, 0.2) is 52.3 Å². The van der Waals surface area contributed by atoms with Gasteiger partial charge >= 0.3 is 6.09 Å². The van der Waals surface area contributed by atoms with Gasteiger partial charge in [-0.2, -0.15) is 0 Å². The summed E-state index contributed by atoms with van der Waals surface area (Å²) < 4.78 is 13.4. The van der Waals surface area contributed by atoms with Crippen LogP contribution >= 0.6 is 27.3 Å². The molecule has 1 aromatic heterocycles. The Morgan fingerprint density at radius 2 is 1.84 bits per heavy atom. The molecule has 1 N–H and O–H groups in total. The zero-order valence-corrected chi connectivity index (χ0v) is 16.5. The normalized spacial score (nSPS) is 11.4. The third kappa shape index (κ3) is 4.74. The van der Waals surface area contributed by atoms with Crippen molar-refractivity contribution in [1.29, 1.82) is 0 Å². The van der Waals surface area contributed by atoms with Gasteiger partial charge < -0.3 is 9.47 Å². The van der Waals surface area contributed by atoms with Gasteiger partial charge in [0.05, 0.1) is 0 Å². The van der Waals surface area contributed by atoms with Gasteiger partial charge in [-0.25, -0.2) is 4.79 Å². The highest BCUT2D eigenvalue weighted by Crippen LogP contribution is 2.36. The number of nitrogens with one attached hydrogen (secondary N) is 1. The molecule has 0 aliphatic carbocycles. The van der Waals surface area contributed by atoms with E-state index >= 15 is 0 Å². The Hall–Kier alpha value is -2.05. The number of hydrogen-bond acceptors (Lipinski definition) is 4. The van der Waals surface area contributed by atoms with Crippen molar-refractivity contribution in [2.75, 3.05) is 5.32 Å². The van der Waals surface area contributed by atoms with E-state index in [2.05, 4.69) is 27.3 Å². The first-order valence-corrected chi connectivity index (χ1v) is 9.42. The molecule has 0 bridgehead atoms. The van der Waals surface area contributed by atoms with Crippen LogP contribution in [0.25, 0.3) is 10.1 Å². The van der Waals surface area contributed by atoms with Crippen LogP contribution in [0.2, 0.25) is 0 Å². The summed E-state index contributed by atoms with van der Waals surface area (Å²) in [5.41, 5.74) is 0.128. The summed E-state index contributed by atoms with van der Waals surface area (Å²) in [4.78, 5) is 11.8. The molecule has 6 heteroatoms. The minimum absolute atomic E-state index is 0.476. The van der Waals surface area contributed by atoms with Crippen molar-refractivity contribution in [3.63, 3.8) is 0 Å². The van der Waals surface area contributed by atoms with Crippen LogP contribution < -0.4 is 10.1 Å². The largest absolute Gasteiger partial charge is 0.456 e. The van der Waals surface area contributed by atoms with Gasteiger partial charge in [-0.05, 0) is 63.2 Å². The van der Waals surface area contributed by atoms with Crippen molar-refractivity contribution in [3.05, 3.63) is 52.3 Å². The Morgan fingerprint density at radius 1 is 1.12 bits per heavy atom. The number of halogens is 1. The Labute approximate surface area is 158 Å². The van der Waals surface area contributed by atoms with E-state index in [4.69, 9.17) is 9.47 Å². The number of benzene rings is 2. The zero-order chi connectivity index (χ0) is 18.0. The molecular formula is C19H18BrNO3S. The molecule has 0 unspecified atom stereocenters. The predicted molar refractivity (Wildman–Crippen MR) is 106 cm³/mol. The fourth-order valence-electron chi connectivity index (χ4n) is 2.21. The number of fused-ring (bicyclic) bond motifs is 1. The fraction of sp³-hybridized carbons (Fsp3) is 0.211. The monoisotopic (exact) mass is 419 g/mol. The lowest BCUT2D eigenvalue weighted by molar-refractivity contribution is 0.0636. The predicted octanol–water partition coefficient (Wildman–Crippen LogP) is 6.80. The van der Waals surface area contributed by atoms with Gasteiger partial charge in [0.2, 0.25) is 0 Å². The lowest BCUT2D eigenvalue weighted by atomic mass is 10.2. The summed E-state index contributed by atoms with van der Waals surface area (Å²) in [5.74, 6) is 1.53. The second-order valence-electron chi connectivity index (χ2n) is 6.49. The first kappa shape index (κ1) is 17.8. The number of amides is 1. The first-order chi connectivity index (χ1) is 11.8. The molecule has 3 rings (SSSR count). The summed E-state index contributed by atoms with van der Waals surface area (Å²) in [6, 6.07) is 13.3. The van der Waals surface area contributed by atoms with E-state index < -0.39 is 11.7 Å². The van der Waals surface area contributed by atoms with E-state index in [9.17, 15) is 4.79 Å². The molecule has 0 saturated carbocycles. The number of anilines is 1. The Balaban J connectivity index is 1.69. The molecule has 0 aliphatic rings. The Morgan fingerprint density at radius 3 is 2.52 bits per heavy atom. The minimum atomic E-state index is -0.526. The third-order valence-corrected chi connectivity index (χ3v) is 4.65. The fourth-order valence-corrected chi connectivity index (χ4v) is 3.62. The van der Waals surface area contributed by atoms with Gasteiger partial charge in [0.15, 0.2) is 0 Å². The molecular weight excluding hydrogens is 402 g/mol. The van der Waals surface area contributed by atoms with Crippen molar-refractivity contribution in [2.24, 2.45) is 0 Å². The second kappa shape index (κ2) is 7.06. The Kier molecular flexibility index (Phi) is 5.01. The molecule has 0 fully saturated rings.